The summed E-state index contributed by atoms with van der Waals surface area (Å²) in [5, 5.41) is 9.20. The molecule has 116 valence electrons. The Morgan fingerprint density at radius 2 is 1.91 bits per heavy atom. The maximum atomic E-state index is 12.4. The van der Waals surface area contributed by atoms with Crippen LogP contribution in [0.4, 0.5) is 4.79 Å². The van der Waals surface area contributed by atoms with Crippen LogP contribution in [0.15, 0.2) is 53.4 Å². The normalized spacial score (nSPS) is 16.4. The Hall–Kier alpha value is -2.53. The molecule has 1 aliphatic heterocycles. The molecule has 0 aromatic heterocycles. The number of aryl methyl sites for hydroxylation is 1. The molecule has 1 fully saturated rings. The number of amides is 2. The number of hydrogen-bond donors (Lipinski definition) is 1. The molecule has 0 unspecified atom stereocenters. The van der Waals surface area contributed by atoms with Crippen molar-refractivity contribution >= 4 is 29.0 Å². The lowest BCUT2D eigenvalue weighted by Crippen LogP contribution is -2.27. The van der Waals surface area contributed by atoms with Gasteiger partial charge < -0.3 is 5.11 Å². The van der Waals surface area contributed by atoms with Crippen LogP contribution in [-0.4, -0.2) is 21.2 Å². The largest absolute Gasteiger partial charge is 0.508 e. The van der Waals surface area contributed by atoms with Gasteiger partial charge in [-0.1, -0.05) is 42.0 Å². The standard InChI is InChI=1S/C18H15NO3S/c1-12-4-2-6-14(8-12)11-19-17(21)16(23-18(19)22)10-13-5-3-7-15(20)9-13/h2-10,20H,11H2,1H3/b16-10-. The van der Waals surface area contributed by atoms with Gasteiger partial charge in [0, 0.05) is 0 Å². The molecule has 1 N–H and O–H groups in total. The van der Waals surface area contributed by atoms with E-state index in [1.165, 1.54) is 4.90 Å². The first-order valence-electron chi connectivity index (χ1n) is 7.13. The Kier molecular flexibility index (Phi) is 4.21. The minimum atomic E-state index is -0.301. The number of rotatable bonds is 3. The Balaban J connectivity index is 1.82. The summed E-state index contributed by atoms with van der Waals surface area (Å²) in [7, 11) is 0. The molecule has 4 nitrogen and oxygen atoms in total. The van der Waals surface area contributed by atoms with Crippen molar-refractivity contribution in [2.75, 3.05) is 0 Å². The minimum Gasteiger partial charge on any atom is -0.508 e. The monoisotopic (exact) mass is 325 g/mol. The number of imide groups is 1. The van der Waals surface area contributed by atoms with Gasteiger partial charge >= 0.3 is 0 Å². The highest BCUT2D eigenvalue weighted by Crippen LogP contribution is 2.33. The minimum absolute atomic E-state index is 0.123. The fraction of sp³-hybridized carbons (Fsp3) is 0.111. The highest BCUT2D eigenvalue weighted by molar-refractivity contribution is 8.18. The highest BCUT2D eigenvalue weighted by atomic mass is 32.2. The summed E-state index contributed by atoms with van der Waals surface area (Å²) in [5.41, 5.74) is 2.70. The molecule has 0 atom stereocenters. The first-order valence-corrected chi connectivity index (χ1v) is 7.94. The third-order valence-electron chi connectivity index (χ3n) is 3.46. The van der Waals surface area contributed by atoms with Gasteiger partial charge in [0.05, 0.1) is 11.4 Å². The van der Waals surface area contributed by atoms with Gasteiger partial charge in [-0.3, -0.25) is 14.5 Å². The van der Waals surface area contributed by atoms with Crippen molar-refractivity contribution in [3.63, 3.8) is 0 Å². The summed E-state index contributed by atoms with van der Waals surface area (Å²) in [6, 6.07) is 14.3. The lowest BCUT2D eigenvalue weighted by atomic mass is 10.1. The Labute approximate surface area is 138 Å². The van der Waals surface area contributed by atoms with Crippen molar-refractivity contribution in [2.24, 2.45) is 0 Å². The van der Waals surface area contributed by atoms with Gasteiger partial charge in [-0.15, -0.1) is 0 Å². The smallest absolute Gasteiger partial charge is 0.293 e. The van der Waals surface area contributed by atoms with Crippen molar-refractivity contribution in [2.45, 2.75) is 13.5 Å². The van der Waals surface area contributed by atoms with E-state index in [0.29, 0.717) is 10.5 Å². The zero-order valence-corrected chi connectivity index (χ0v) is 13.3. The molecule has 2 aromatic rings. The van der Waals surface area contributed by atoms with Gasteiger partial charge in [0.15, 0.2) is 0 Å². The zero-order chi connectivity index (χ0) is 16.4. The average molecular weight is 325 g/mol. The first kappa shape index (κ1) is 15.4. The maximum absolute atomic E-state index is 12.4. The number of benzene rings is 2. The van der Waals surface area contributed by atoms with Crippen LogP contribution >= 0.6 is 11.8 Å². The number of hydrogen-bond acceptors (Lipinski definition) is 4. The molecule has 0 radical (unpaired) electrons. The van der Waals surface area contributed by atoms with E-state index < -0.39 is 0 Å². The molecule has 2 aromatic carbocycles. The number of nitrogens with zero attached hydrogens (tertiary/aromatic N) is 1. The number of phenols is 1. The molecule has 1 heterocycles. The van der Waals surface area contributed by atoms with E-state index in [2.05, 4.69) is 0 Å². The molecule has 0 aliphatic carbocycles. The van der Waals surface area contributed by atoms with Gasteiger partial charge in [-0.05, 0) is 48.0 Å². The van der Waals surface area contributed by atoms with E-state index in [9.17, 15) is 14.7 Å². The molecule has 23 heavy (non-hydrogen) atoms. The van der Waals surface area contributed by atoms with Crippen LogP contribution in [0.25, 0.3) is 6.08 Å². The van der Waals surface area contributed by atoms with E-state index in [0.717, 1.165) is 22.9 Å². The van der Waals surface area contributed by atoms with Crippen molar-refractivity contribution in [1.82, 2.24) is 4.90 Å². The van der Waals surface area contributed by atoms with Crippen LogP contribution in [0.3, 0.4) is 0 Å². The molecule has 2 amide bonds. The van der Waals surface area contributed by atoms with E-state index in [-0.39, 0.29) is 23.4 Å². The van der Waals surface area contributed by atoms with Crippen LogP contribution in [0.2, 0.25) is 0 Å². The van der Waals surface area contributed by atoms with Crippen LogP contribution in [0.5, 0.6) is 5.75 Å². The fourth-order valence-electron chi connectivity index (χ4n) is 2.40. The Morgan fingerprint density at radius 1 is 1.13 bits per heavy atom. The predicted molar refractivity (Wildman–Crippen MR) is 90.8 cm³/mol. The van der Waals surface area contributed by atoms with Gasteiger partial charge in [-0.2, -0.15) is 0 Å². The average Bonchev–Trinajstić information content (AvgIpc) is 2.75. The van der Waals surface area contributed by atoms with E-state index in [4.69, 9.17) is 0 Å². The summed E-state index contributed by atoms with van der Waals surface area (Å²) in [5.74, 6) is -0.178. The van der Waals surface area contributed by atoms with Gasteiger partial charge in [0.1, 0.15) is 5.75 Å². The van der Waals surface area contributed by atoms with Gasteiger partial charge in [0.25, 0.3) is 11.1 Å². The summed E-state index contributed by atoms with van der Waals surface area (Å²) in [6.45, 7) is 2.24. The molecular formula is C18H15NO3S. The number of carbonyl (C=O) groups is 2. The summed E-state index contributed by atoms with van der Waals surface area (Å²) in [6.07, 6.45) is 1.63. The van der Waals surface area contributed by atoms with E-state index >= 15 is 0 Å². The third-order valence-corrected chi connectivity index (χ3v) is 4.37. The quantitative estimate of drug-likeness (QED) is 0.869. The van der Waals surface area contributed by atoms with E-state index in [1.54, 1.807) is 30.3 Å². The van der Waals surface area contributed by atoms with Crippen LogP contribution < -0.4 is 0 Å². The van der Waals surface area contributed by atoms with Crippen LogP contribution in [0.1, 0.15) is 16.7 Å². The lowest BCUT2D eigenvalue weighted by Gasteiger charge is -2.12. The number of aromatic hydroxyl groups is 1. The second-order valence-corrected chi connectivity index (χ2v) is 6.35. The maximum Gasteiger partial charge on any atom is 0.293 e. The van der Waals surface area contributed by atoms with Crippen molar-refractivity contribution < 1.29 is 14.7 Å². The first-order chi connectivity index (χ1) is 11.0. The molecule has 3 rings (SSSR count). The molecule has 1 aliphatic rings. The van der Waals surface area contributed by atoms with Crippen molar-refractivity contribution in [3.8, 4) is 5.75 Å². The number of phenolic OH excluding ortho intramolecular Hbond substituents is 1. The zero-order valence-electron chi connectivity index (χ0n) is 12.5. The van der Waals surface area contributed by atoms with Gasteiger partial charge in [0.2, 0.25) is 0 Å². The fourth-order valence-corrected chi connectivity index (χ4v) is 3.23. The van der Waals surface area contributed by atoms with Crippen LogP contribution in [0, 0.1) is 6.92 Å². The molecule has 1 saturated heterocycles. The highest BCUT2D eigenvalue weighted by Gasteiger charge is 2.34. The summed E-state index contributed by atoms with van der Waals surface area (Å²) >= 11 is 0.923. The molecular weight excluding hydrogens is 310 g/mol. The Morgan fingerprint density at radius 3 is 2.65 bits per heavy atom. The molecule has 0 saturated carbocycles. The summed E-state index contributed by atoms with van der Waals surface area (Å²) in [4.78, 5) is 26.2. The second kappa shape index (κ2) is 6.30. The predicted octanol–water partition coefficient (Wildman–Crippen LogP) is 3.94. The third kappa shape index (κ3) is 3.46. The van der Waals surface area contributed by atoms with E-state index in [1.807, 2.05) is 31.2 Å². The SMILES string of the molecule is Cc1cccc(CN2C(=O)S/C(=C\c3cccc(O)c3)C2=O)c1. The molecule has 0 spiro atoms. The summed E-state index contributed by atoms with van der Waals surface area (Å²) < 4.78 is 0. The Bertz CT molecular complexity index is 813. The van der Waals surface area contributed by atoms with Gasteiger partial charge in [-0.25, -0.2) is 0 Å². The lowest BCUT2D eigenvalue weighted by molar-refractivity contribution is -0.123. The molecule has 0 bridgehead atoms. The number of thioether (sulfide) groups is 1. The van der Waals surface area contributed by atoms with Crippen molar-refractivity contribution in [1.29, 1.82) is 0 Å². The topological polar surface area (TPSA) is 57.6 Å². The van der Waals surface area contributed by atoms with Crippen molar-refractivity contribution in [3.05, 3.63) is 70.1 Å². The molecule has 5 heteroatoms. The number of carbonyl (C=O) groups excluding carboxylic acids is 2. The van der Waals surface area contributed by atoms with Crippen LogP contribution in [-0.2, 0) is 11.3 Å². The second-order valence-electron chi connectivity index (χ2n) is 5.35.